The number of rotatable bonds is 4. The van der Waals surface area contributed by atoms with Crippen molar-refractivity contribution >= 4 is 16.9 Å². The molecule has 8 heteroatoms. The molecule has 0 spiro atoms. The second-order valence-corrected chi connectivity index (χ2v) is 5.15. The Morgan fingerprint density at radius 3 is 2.67 bits per heavy atom. The Balaban J connectivity index is 1.82. The number of amides is 1. The van der Waals surface area contributed by atoms with Gasteiger partial charge in [-0.2, -0.15) is 13.2 Å². The molecule has 0 fully saturated rings. The summed E-state index contributed by atoms with van der Waals surface area (Å²) in [6.07, 6.45) is -1.46. The summed E-state index contributed by atoms with van der Waals surface area (Å²) in [5.41, 5.74) is 1.23. The lowest BCUT2D eigenvalue weighted by molar-refractivity contribution is -0.147. The van der Waals surface area contributed by atoms with E-state index in [1.807, 2.05) is 0 Å². The van der Waals surface area contributed by atoms with Gasteiger partial charge in [0.05, 0.1) is 11.0 Å². The summed E-state index contributed by atoms with van der Waals surface area (Å²) < 4.78 is 40.4. The molecule has 124 valence electrons. The fourth-order valence-corrected chi connectivity index (χ4v) is 2.35. The maximum atomic E-state index is 13.2. The molecule has 1 aromatic carbocycles. The molecule has 0 aliphatic heterocycles. The van der Waals surface area contributed by atoms with E-state index in [-0.39, 0.29) is 17.6 Å². The molecule has 0 radical (unpaired) electrons. The molecule has 0 unspecified atom stereocenters. The number of carbonyl (C=O) groups excluding carboxylic acids is 1. The normalized spacial score (nSPS) is 11.6. The summed E-state index contributed by atoms with van der Waals surface area (Å²) in [4.78, 5) is 19.6. The van der Waals surface area contributed by atoms with Gasteiger partial charge in [-0.15, -0.1) is 0 Å². The van der Waals surface area contributed by atoms with Gasteiger partial charge in [0.25, 0.3) is 0 Å². The lowest BCUT2D eigenvalue weighted by atomic mass is 10.3. The first-order valence-electron chi connectivity index (χ1n) is 7.13. The maximum absolute atomic E-state index is 13.2. The maximum Gasteiger partial charge on any atom is 0.449 e. The molecule has 1 amide bonds. The molecule has 0 bridgehead atoms. The first-order valence-corrected chi connectivity index (χ1v) is 7.13. The van der Waals surface area contributed by atoms with Crippen LogP contribution in [0.1, 0.15) is 11.4 Å². The number of hydrogen-bond donors (Lipinski definition) is 1. The van der Waals surface area contributed by atoms with E-state index in [2.05, 4.69) is 15.3 Å². The predicted molar refractivity (Wildman–Crippen MR) is 80.8 cm³/mol. The highest BCUT2D eigenvalue weighted by atomic mass is 19.4. The van der Waals surface area contributed by atoms with E-state index in [1.54, 1.807) is 36.7 Å². The van der Waals surface area contributed by atoms with Gasteiger partial charge in [0.2, 0.25) is 11.7 Å². The molecule has 0 saturated carbocycles. The number of benzene rings is 1. The van der Waals surface area contributed by atoms with Crippen LogP contribution in [-0.4, -0.2) is 20.4 Å². The number of nitrogens with zero attached hydrogens (tertiary/aromatic N) is 3. The van der Waals surface area contributed by atoms with E-state index in [9.17, 15) is 18.0 Å². The average Bonchev–Trinajstić information content (AvgIpc) is 2.93. The van der Waals surface area contributed by atoms with Crippen LogP contribution in [0.5, 0.6) is 0 Å². The van der Waals surface area contributed by atoms with Crippen molar-refractivity contribution < 1.29 is 18.0 Å². The summed E-state index contributed by atoms with van der Waals surface area (Å²) in [6.45, 7) is -0.268. The molecule has 2 heterocycles. The van der Waals surface area contributed by atoms with Gasteiger partial charge < -0.3 is 9.88 Å². The van der Waals surface area contributed by atoms with Crippen LogP contribution in [0.15, 0.2) is 48.8 Å². The smallest absolute Gasteiger partial charge is 0.350 e. The zero-order valence-corrected chi connectivity index (χ0v) is 12.4. The largest absolute Gasteiger partial charge is 0.449 e. The first-order chi connectivity index (χ1) is 11.4. The molecule has 1 N–H and O–H groups in total. The van der Waals surface area contributed by atoms with Gasteiger partial charge in [-0.05, 0) is 23.8 Å². The van der Waals surface area contributed by atoms with Gasteiger partial charge in [0.1, 0.15) is 6.54 Å². The first kappa shape index (κ1) is 16.0. The highest BCUT2D eigenvalue weighted by molar-refractivity contribution is 5.81. The van der Waals surface area contributed by atoms with Gasteiger partial charge in [-0.25, -0.2) is 4.98 Å². The van der Waals surface area contributed by atoms with E-state index in [4.69, 9.17) is 0 Å². The fourth-order valence-electron chi connectivity index (χ4n) is 2.35. The van der Waals surface area contributed by atoms with Crippen molar-refractivity contribution in [3.8, 4) is 0 Å². The third-order valence-electron chi connectivity index (χ3n) is 3.42. The van der Waals surface area contributed by atoms with Crippen molar-refractivity contribution in [1.29, 1.82) is 0 Å². The molecule has 3 aromatic rings. The van der Waals surface area contributed by atoms with Crippen LogP contribution < -0.4 is 5.32 Å². The molecular weight excluding hydrogens is 321 g/mol. The van der Waals surface area contributed by atoms with Gasteiger partial charge >= 0.3 is 6.18 Å². The Hall–Kier alpha value is -2.90. The quantitative estimate of drug-likeness (QED) is 0.798. The fraction of sp³-hybridized carbons (Fsp3) is 0.188. The summed E-state index contributed by atoms with van der Waals surface area (Å²) in [5.74, 6) is -1.62. The minimum atomic E-state index is -4.64. The molecule has 0 atom stereocenters. The van der Waals surface area contributed by atoms with Gasteiger partial charge in [0.15, 0.2) is 0 Å². The number of fused-ring (bicyclic) bond motifs is 1. The molecule has 24 heavy (non-hydrogen) atoms. The molecule has 2 aromatic heterocycles. The Morgan fingerprint density at radius 1 is 1.17 bits per heavy atom. The third-order valence-corrected chi connectivity index (χ3v) is 3.42. The molecule has 5 nitrogen and oxygen atoms in total. The predicted octanol–water partition coefficient (Wildman–Crippen LogP) is 2.77. The Bertz CT molecular complexity index is 859. The number of pyridine rings is 1. The van der Waals surface area contributed by atoms with Crippen LogP contribution in [0.3, 0.4) is 0 Å². The highest BCUT2D eigenvalue weighted by Gasteiger charge is 2.37. The molecule has 0 aliphatic carbocycles. The van der Waals surface area contributed by atoms with Gasteiger partial charge in [-0.3, -0.25) is 9.78 Å². The Labute approximate surface area is 135 Å². The van der Waals surface area contributed by atoms with Crippen LogP contribution in [-0.2, 0) is 24.1 Å². The molecule has 3 rings (SSSR count). The van der Waals surface area contributed by atoms with E-state index < -0.39 is 24.5 Å². The standard InChI is InChI=1S/C16H13F3N4O/c17-16(18,19)15-22-12-5-1-2-6-13(12)23(15)10-14(24)21-9-11-4-3-7-20-8-11/h1-8H,9-10H2,(H,21,24). The molecular formula is C16H13F3N4O. The summed E-state index contributed by atoms with van der Waals surface area (Å²) in [7, 11) is 0. The zero-order chi connectivity index (χ0) is 17.2. The third kappa shape index (κ3) is 3.37. The van der Waals surface area contributed by atoms with Crippen molar-refractivity contribution in [2.45, 2.75) is 19.3 Å². The van der Waals surface area contributed by atoms with Gasteiger partial charge in [-0.1, -0.05) is 18.2 Å². The van der Waals surface area contributed by atoms with Crippen molar-refractivity contribution in [3.63, 3.8) is 0 Å². The SMILES string of the molecule is O=C(Cn1c(C(F)(F)F)nc2ccccc21)NCc1cccnc1. The number of alkyl halides is 3. The Kier molecular flexibility index (Phi) is 4.20. The zero-order valence-electron chi connectivity index (χ0n) is 12.4. The minimum absolute atomic E-state index is 0.195. The topological polar surface area (TPSA) is 59.8 Å². The number of imidazole rings is 1. The average molecular weight is 334 g/mol. The minimum Gasteiger partial charge on any atom is -0.350 e. The second kappa shape index (κ2) is 6.31. The monoisotopic (exact) mass is 334 g/mol. The number of hydrogen-bond acceptors (Lipinski definition) is 3. The van der Waals surface area contributed by atoms with E-state index in [1.165, 1.54) is 12.1 Å². The van der Waals surface area contributed by atoms with Crippen LogP contribution in [0.4, 0.5) is 13.2 Å². The molecule has 0 aliphatic rings. The molecule has 0 saturated heterocycles. The van der Waals surface area contributed by atoms with Crippen LogP contribution in [0, 0.1) is 0 Å². The lowest BCUT2D eigenvalue weighted by Gasteiger charge is -2.11. The lowest BCUT2D eigenvalue weighted by Crippen LogP contribution is -2.29. The van der Waals surface area contributed by atoms with Crippen molar-refractivity contribution in [3.05, 3.63) is 60.2 Å². The summed E-state index contributed by atoms with van der Waals surface area (Å²) in [5, 5.41) is 2.59. The van der Waals surface area contributed by atoms with Crippen LogP contribution in [0.2, 0.25) is 0 Å². The number of halogens is 3. The summed E-state index contributed by atoms with van der Waals surface area (Å²) in [6, 6.07) is 9.67. The van der Waals surface area contributed by atoms with Crippen molar-refractivity contribution in [1.82, 2.24) is 19.9 Å². The van der Waals surface area contributed by atoms with E-state index in [0.29, 0.717) is 0 Å². The number of nitrogens with one attached hydrogen (secondary N) is 1. The van der Waals surface area contributed by atoms with Crippen LogP contribution in [0.25, 0.3) is 11.0 Å². The highest BCUT2D eigenvalue weighted by Crippen LogP contribution is 2.31. The van der Waals surface area contributed by atoms with Crippen molar-refractivity contribution in [2.24, 2.45) is 0 Å². The van der Waals surface area contributed by atoms with Gasteiger partial charge in [0, 0.05) is 18.9 Å². The van der Waals surface area contributed by atoms with Crippen LogP contribution >= 0.6 is 0 Å². The second-order valence-electron chi connectivity index (χ2n) is 5.15. The van der Waals surface area contributed by atoms with E-state index in [0.717, 1.165) is 10.1 Å². The Morgan fingerprint density at radius 2 is 1.96 bits per heavy atom. The summed E-state index contributed by atoms with van der Waals surface area (Å²) >= 11 is 0. The number of para-hydroxylation sites is 2. The van der Waals surface area contributed by atoms with E-state index >= 15 is 0 Å². The number of aromatic nitrogens is 3. The van der Waals surface area contributed by atoms with Crippen molar-refractivity contribution in [2.75, 3.05) is 0 Å². The number of carbonyl (C=O) groups is 1.